The van der Waals surface area contributed by atoms with Gasteiger partial charge in [-0.1, -0.05) is 24.3 Å². The maximum Gasteiger partial charge on any atom is 0.261 e. The maximum absolute atomic E-state index is 12.7. The zero-order valence-electron chi connectivity index (χ0n) is 14.2. The SMILES string of the molecule is O=C(Nc1ccccc1OCc1cccc(O)c1)c1cnn2cccnc12. The Morgan fingerprint density at radius 2 is 2.04 bits per heavy atom. The number of aromatic hydroxyl groups is 1. The molecule has 0 saturated carbocycles. The molecule has 2 heterocycles. The normalized spacial score (nSPS) is 10.7. The van der Waals surface area contributed by atoms with Gasteiger partial charge in [0, 0.05) is 12.4 Å². The number of phenolic OH excluding ortho intramolecular Hbond substituents is 1. The predicted octanol–water partition coefficient (Wildman–Crippen LogP) is 3.27. The average molecular weight is 360 g/mol. The number of ether oxygens (including phenoxy) is 1. The molecule has 0 saturated heterocycles. The van der Waals surface area contributed by atoms with Crippen molar-refractivity contribution in [3.05, 3.63) is 84.3 Å². The molecule has 0 radical (unpaired) electrons. The summed E-state index contributed by atoms with van der Waals surface area (Å²) in [7, 11) is 0. The van der Waals surface area contributed by atoms with E-state index < -0.39 is 0 Å². The molecule has 2 aromatic heterocycles. The fourth-order valence-electron chi connectivity index (χ4n) is 2.68. The van der Waals surface area contributed by atoms with E-state index in [9.17, 15) is 9.90 Å². The highest BCUT2D eigenvalue weighted by molar-refractivity contribution is 6.08. The first-order valence-corrected chi connectivity index (χ1v) is 8.30. The second-order valence-corrected chi connectivity index (χ2v) is 5.85. The molecule has 4 aromatic rings. The topological polar surface area (TPSA) is 88.8 Å². The van der Waals surface area contributed by atoms with E-state index in [1.54, 1.807) is 53.3 Å². The summed E-state index contributed by atoms with van der Waals surface area (Å²) in [5.41, 5.74) is 2.22. The number of rotatable bonds is 5. The van der Waals surface area contributed by atoms with Gasteiger partial charge in [-0.15, -0.1) is 0 Å². The number of nitrogens with zero attached hydrogens (tertiary/aromatic N) is 3. The smallest absolute Gasteiger partial charge is 0.261 e. The fourth-order valence-corrected chi connectivity index (χ4v) is 2.68. The number of aromatic nitrogens is 3. The van der Waals surface area contributed by atoms with Gasteiger partial charge in [0.15, 0.2) is 5.65 Å². The number of hydrogen-bond donors (Lipinski definition) is 2. The summed E-state index contributed by atoms with van der Waals surface area (Å²) in [5.74, 6) is 0.383. The Kier molecular flexibility index (Phi) is 4.40. The minimum Gasteiger partial charge on any atom is -0.508 e. The average Bonchev–Trinajstić information content (AvgIpc) is 3.12. The standard InChI is InChI=1S/C20H16N4O3/c25-15-6-3-5-14(11-15)13-27-18-8-2-1-7-17(18)23-20(26)16-12-22-24-10-4-9-21-19(16)24/h1-12,25H,13H2,(H,23,26). The van der Waals surface area contributed by atoms with Crippen LogP contribution in [0.5, 0.6) is 11.5 Å². The van der Waals surface area contributed by atoms with Crippen molar-refractivity contribution in [1.82, 2.24) is 14.6 Å². The predicted molar refractivity (Wildman–Crippen MR) is 99.8 cm³/mol. The fraction of sp³-hybridized carbons (Fsp3) is 0.0500. The Bertz CT molecular complexity index is 1110. The van der Waals surface area contributed by atoms with Crippen LogP contribution in [0.3, 0.4) is 0 Å². The Morgan fingerprint density at radius 1 is 1.15 bits per heavy atom. The lowest BCUT2D eigenvalue weighted by molar-refractivity contribution is 0.102. The summed E-state index contributed by atoms with van der Waals surface area (Å²) < 4.78 is 7.36. The van der Waals surface area contributed by atoms with Crippen LogP contribution in [0.1, 0.15) is 15.9 Å². The number of carbonyl (C=O) groups is 1. The zero-order valence-corrected chi connectivity index (χ0v) is 14.2. The van der Waals surface area contributed by atoms with Crippen molar-refractivity contribution in [2.45, 2.75) is 6.61 Å². The lowest BCUT2D eigenvalue weighted by Gasteiger charge is -2.12. The third-order valence-electron chi connectivity index (χ3n) is 3.96. The van der Waals surface area contributed by atoms with Gasteiger partial charge < -0.3 is 15.2 Å². The summed E-state index contributed by atoms with van der Waals surface area (Å²) in [4.78, 5) is 16.9. The van der Waals surface area contributed by atoms with Gasteiger partial charge in [-0.3, -0.25) is 4.79 Å². The number of benzene rings is 2. The third kappa shape index (κ3) is 3.57. The van der Waals surface area contributed by atoms with Crippen molar-refractivity contribution < 1.29 is 14.6 Å². The molecule has 0 aliphatic heterocycles. The van der Waals surface area contributed by atoms with Crippen molar-refractivity contribution in [2.75, 3.05) is 5.32 Å². The van der Waals surface area contributed by atoms with Crippen LogP contribution in [-0.4, -0.2) is 25.6 Å². The molecular weight excluding hydrogens is 344 g/mol. The Labute approximate surface area is 154 Å². The van der Waals surface area contributed by atoms with E-state index in [0.29, 0.717) is 22.6 Å². The first-order chi connectivity index (χ1) is 13.2. The van der Waals surface area contributed by atoms with Gasteiger partial charge >= 0.3 is 0 Å². The lowest BCUT2D eigenvalue weighted by atomic mass is 10.2. The van der Waals surface area contributed by atoms with E-state index in [4.69, 9.17) is 4.74 Å². The number of anilines is 1. The van der Waals surface area contributed by atoms with E-state index in [0.717, 1.165) is 5.56 Å². The van der Waals surface area contributed by atoms with Crippen LogP contribution >= 0.6 is 0 Å². The number of hydrogen-bond acceptors (Lipinski definition) is 5. The van der Waals surface area contributed by atoms with Crippen LogP contribution in [0, 0.1) is 0 Å². The van der Waals surface area contributed by atoms with E-state index >= 15 is 0 Å². The monoisotopic (exact) mass is 360 g/mol. The Morgan fingerprint density at radius 3 is 2.93 bits per heavy atom. The summed E-state index contributed by atoms with van der Waals surface area (Å²) in [5, 5.41) is 16.5. The number of phenols is 1. The molecule has 2 N–H and O–H groups in total. The van der Waals surface area contributed by atoms with Crippen LogP contribution in [0.15, 0.2) is 73.2 Å². The van der Waals surface area contributed by atoms with Gasteiger partial charge in [-0.2, -0.15) is 5.10 Å². The molecule has 4 rings (SSSR count). The van der Waals surface area contributed by atoms with Gasteiger partial charge in [0.05, 0.1) is 11.9 Å². The molecular formula is C20H16N4O3. The van der Waals surface area contributed by atoms with Gasteiger partial charge in [0.1, 0.15) is 23.7 Å². The molecule has 1 amide bonds. The minimum atomic E-state index is -0.322. The van der Waals surface area contributed by atoms with Gasteiger partial charge in [0.2, 0.25) is 0 Å². The van der Waals surface area contributed by atoms with Gasteiger partial charge in [0.25, 0.3) is 5.91 Å². The van der Waals surface area contributed by atoms with Crippen molar-refractivity contribution in [2.24, 2.45) is 0 Å². The van der Waals surface area contributed by atoms with Crippen LogP contribution < -0.4 is 10.1 Å². The summed E-state index contributed by atoms with van der Waals surface area (Å²) in [6, 6.07) is 15.7. The lowest BCUT2D eigenvalue weighted by Crippen LogP contribution is -2.13. The van der Waals surface area contributed by atoms with Crippen LogP contribution in [0.25, 0.3) is 5.65 Å². The molecule has 7 heteroatoms. The second kappa shape index (κ2) is 7.17. The molecule has 0 atom stereocenters. The molecule has 27 heavy (non-hydrogen) atoms. The first kappa shape index (κ1) is 16.6. The largest absolute Gasteiger partial charge is 0.508 e. The minimum absolute atomic E-state index is 0.179. The highest BCUT2D eigenvalue weighted by Crippen LogP contribution is 2.26. The van der Waals surface area contributed by atoms with E-state index in [1.165, 1.54) is 6.20 Å². The molecule has 7 nitrogen and oxygen atoms in total. The molecule has 0 unspecified atom stereocenters. The summed E-state index contributed by atoms with van der Waals surface area (Å²) >= 11 is 0. The quantitative estimate of drug-likeness (QED) is 0.570. The molecule has 2 aromatic carbocycles. The highest BCUT2D eigenvalue weighted by atomic mass is 16.5. The molecule has 134 valence electrons. The number of amides is 1. The number of nitrogens with one attached hydrogen (secondary N) is 1. The van der Waals surface area contributed by atoms with E-state index in [1.807, 2.05) is 18.2 Å². The van der Waals surface area contributed by atoms with Crippen molar-refractivity contribution in [3.8, 4) is 11.5 Å². The molecule has 0 fully saturated rings. The second-order valence-electron chi connectivity index (χ2n) is 5.85. The van der Waals surface area contributed by atoms with Gasteiger partial charge in [-0.05, 0) is 35.9 Å². The van der Waals surface area contributed by atoms with E-state index in [2.05, 4.69) is 15.4 Å². The molecule has 0 spiro atoms. The van der Waals surface area contributed by atoms with Crippen molar-refractivity contribution >= 4 is 17.2 Å². The summed E-state index contributed by atoms with van der Waals surface area (Å²) in [6.07, 6.45) is 4.82. The molecule has 0 aliphatic rings. The Hall–Kier alpha value is -3.87. The molecule has 0 aliphatic carbocycles. The van der Waals surface area contributed by atoms with E-state index in [-0.39, 0.29) is 18.3 Å². The first-order valence-electron chi connectivity index (χ1n) is 8.30. The number of carbonyl (C=O) groups excluding carboxylic acids is 1. The van der Waals surface area contributed by atoms with Crippen LogP contribution in [0.4, 0.5) is 5.69 Å². The third-order valence-corrected chi connectivity index (χ3v) is 3.96. The molecule has 0 bridgehead atoms. The highest BCUT2D eigenvalue weighted by Gasteiger charge is 2.15. The van der Waals surface area contributed by atoms with Crippen molar-refractivity contribution in [3.63, 3.8) is 0 Å². The van der Waals surface area contributed by atoms with Crippen LogP contribution in [0.2, 0.25) is 0 Å². The number of fused-ring (bicyclic) bond motifs is 1. The van der Waals surface area contributed by atoms with Crippen molar-refractivity contribution in [1.29, 1.82) is 0 Å². The summed E-state index contributed by atoms with van der Waals surface area (Å²) in [6.45, 7) is 0.263. The number of para-hydroxylation sites is 2. The maximum atomic E-state index is 12.7. The van der Waals surface area contributed by atoms with Crippen LogP contribution in [-0.2, 0) is 6.61 Å². The Balaban J connectivity index is 1.53. The van der Waals surface area contributed by atoms with Gasteiger partial charge in [-0.25, -0.2) is 9.50 Å². The zero-order chi connectivity index (χ0) is 18.6.